The van der Waals surface area contributed by atoms with Crippen LogP contribution in [0.25, 0.3) is 0 Å². The lowest BCUT2D eigenvalue weighted by molar-refractivity contribution is 0.144. The first-order valence-corrected chi connectivity index (χ1v) is 8.51. The van der Waals surface area contributed by atoms with Crippen LogP contribution >= 0.6 is 0 Å². The number of carbonyl (C=O) groups is 1. The van der Waals surface area contributed by atoms with E-state index in [0.29, 0.717) is 25.0 Å². The third-order valence-electron chi connectivity index (χ3n) is 4.80. The van der Waals surface area contributed by atoms with Gasteiger partial charge in [-0.1, -0.05) is 55.8 Å². The number of alkyl carbamates (subject to hydrolysis) is 1. The number of ether oxygens (including phenoxy) is 1. The molecule has 0 spiro atoms. The van der Waals surface area contributed by atoms with E-state index in [1.54, 1.807) is 0 Å². The Kier molecular flexibility index (Phi) is 5.86. The summed E-state index contributed by atoms with van der Waals surface area (Å²) in [5.74, 6) is 1.07. The number of amides is 1. The Hall–Kier alpha value is -1.77. The van der Waals surface area contributed by atoms with Gasteiger partial charge in [0.15, 0.2) is 0 Å². The van der Waals surface area contributed by atoms with Gasteiger partial charge in [-0.25, -0.2) is 4.79 Å². The summed E-state index contributed by atoms with van der Waals surface area (Å²) in [7, 11) is 0. The van der Waals surface area contributed by atoms with Gasteiger partial charge >= 0.3 is 6.09 Å². The quantitative estimate of drug-likeness (QED) is 0.590. The zero-order chi connectivity index (χ0) is 16.9. The molecule has 0 heterocycles. The van der Waals surface area contributed by atoms with Crippen molar-refractivity contribution in [3.05, 3.63) is 47.5 Å². The predicted octanol–water partition coefficient (Wildman–Crippen LogP) is 4.58. The summed E-state index contributed by atoms with van der Waals surface area (Å²) >= 11 is 0. The highest BCUT2D eigenvalue weighted by atomic mass is 16.5. The summed E-state index contributed by atoms with van der Waals surface area (Å²) in [5.41, 5.74) is 2.90. The first-order valence-electron chi connectivity index (χ1n) is 8.51. The standard InChI is InChI=1S/C20H29NO2/c1-15(2)13-17-18(20(17,3)4)14-21-19(22)23-12-8-11-16-9-6-5-7-10-16/h5-7,9-10,13,17-18H,8,11-12,14H2,1-4H3,(H,21,22). The molecule has 1 aliphatic carbocycles. The van der Waals surface area contributed by atoms with Gasteiger partial charge in [0.1, 0.15) is 0 Å². The molecule has 1 N–H and O–H groups in total. The van der Waals surface area contributed by atoms with Crippen molar-refractivity contribution in [2.24, 2.45) is 17.3 Å². The number of hydrogen-bond acceptors (Lipinski definition) is 2. The SMILES string of the molecule is CC(C)=CC1C(CNC(=O)OCCCc2ccccc2)C1(C)C. The molecular weight excluding hydrogens is 286 g/mol. The van der Waals surface area contributed by atoms with Crippen molar-refractivity contribution in [2.75, 3.05) is 13.2 Å². The highest BCUT2D eigenvalue weighted by Gasteiger charge is 2.55. The molecule has 0 saturated heterocycles. The van der Waals surface area contributed by atoms with Crippen LogP contribution in [0.4, 0.5) is 4.79 Å². The van der Waals surface area contributed by atoms with E-state index in [1.165, 1.54) is 11.1 Å². The molecule has 126 valence electrons. The predicted molar refractivity (Wildman–Crippen MR) is 94.3 cm³/mol. The lowest BCUT2D eigenvalue weighted by Crippen LogP contribution is -2.27. The van der Waals surface area contributed by atoms with E-state index in [9.17, 15) is 4.79 Å². The van der Waals surface area contributed by atoms with Gasteiger partial charge in [-0.15, -0.1) is 0 Å². The van der Waals surface area contributed by atoms with Crippen LogP contribution in [0.2, 0.25) is 0 Å². The molecule has 1 fully saturated rings. The molecule has 1 amide bonds. The molecule has 2 atom stereocenters. The molecule has 3 heteroatoms. The van der Waals surface area contributed by atoms with Gasteiger partial charge in [-0.3, -0.25) is 0 Å². The minimum atomic E-state index is -0.295. The summed E-state index contributed by atoms with van der Waals surface area (Å²) in [5, 5.41) is 2.91. The van der Waals surface area contributed by atoms with Gasteiger partial charge in [0.05, 0.1) is 6.61 Å². The Balaban J connectivity index is 1.62. The van der Waals surface area contributed by atoms with E-state index >= 15 is 0 Å². The van der Waals surface area contributed by atoms with Crippen molar-refractivity contribution in [1.82, 2.24) is 5.32 Å². The number of benzene rings is 1. The molecule has 1 aromatic rings. The van der Waals surface area contributed by atoms with Gasteiger partial charge < -0.3 is 10.1 Å². The van der Waals surface area contributed by atoms with Crippen molar-refractivity contribution in [1.29, 1.82) is 0 Å². The van der Waals surface area contributed by atoms with Gasteiger partial charge in [0, 0.05) is 6.54 Å². The topological polar surface area (TPSA) is 38.3 Å². The molecule has 0 aliphatic heterocycles. The van der Waals surface area contributed by atoms with Crippen LogP contribution in [0, 0.1) is 17.3 Å². The Morgan fingerprint density at radius 2 is 1.96 bits per heavy atom. The van der Waals surface area contributed by atoms with Gasteiger partial charge in [0.25, 0.3) is 0 Å². The van der Waals surface area contributed by atoms with Crippen LogP contribution in [-0.4, -0.2) is 19.2 Å². The van der Waals surface area contributed by atoms with Crippen LogP contribution in [0.1, 0.15) is 39.7 Å². The van der Waals surface area contributed by atoms with Crippen LogP contribution < -0.4 is 5.32 Å². The summed E-state index contributed by atoms with van der Waals surface area (Å²) in [6.07, 6.45) is 3.81. The second kappa shape index (κ2) is 7.67. The minimum absolute atomic E-state index is 0.276. The summed E-state index contributed by atoms with van der Waals surface area (Å²) < 4.78 is 5.26. The molecule has 0 bridgehead atoms. The Morgan fingerprint density at radius 3 is 2.61 bits per heavy atom. The first kappa shape index (κ1) is 17.6. The normalized spacial score (nSPS) is 21.4. The highest BCUT2D eigenvalue weighted by molar-refractivity contribution is 5.67. The molecule has 1 aliphatic rings. The van der Waals surface area contributed by atoms with E-state index in [1.807, 2.05) is 18.2 Å². The Bertz CT molecular complexity index is 544. The van der Waals surface area contributed by atoms with Crippen LogP contribution in [0.3, 0.4) is 0 Å². The molecule has 1 aromatic carbocycles. The average molecular weight is 315 g/mol. The van der Waals surface area contributed by atoms with E-state index < -0.39 is 0 Å². The van der Waals surface area contributed by atoms with E-state index in [4.69, 9.17) is 4.74 Å². The van der Waals surface area contributed by atoms with Gasteiger partial charge in [-0.05, 0) is 49.5 Å². The monoisotopic (exact) mass is 315 g/mol. The Morgan fingerprint density at radius 1 is 1.26 bits per heavy atom. The van der Waals surface area contributed by atoms with Crippen molar-refractivity contribution in [3.63, 3.8) is 0 Å². The van der Waals surface area contributed by atoms with Crippen LogP contribution in [0.5, 0.6) is 0 Å². The lowest BCUT2D eigenvalue weighted by atomic mass is 10.1. The van der Waals surface area contributed by atoms with E-state index in [2.05, 4.69) is 51.2 Å². The second-order valence-electron chi connectivity index (χ2n) is 7.30. The minimum Gasteiger partial charge on any atom is -0.450 e. The van der Waals surface area contributed by atoms with Crippen molar-refractivity contribution >= 4 is 6.09 Å². The second-order valence-corrected chi connectivity index (χ2v) is 7.30. The van der Waals surface area contributed by atoms with E-state index in [0.717, 1.165) is 12.8 Å². The number of nitrogens with one attached hydrogen (secondary N) is 1. The van der Waals surface area contributed by atoms with Crippen molar-refractivity contribution in [2.45, 2.75) is 40.5 Å². The molecular formula is C20H29NO2. The maximum absolute atomic E-state index is 11.8. The number of rotatable bonds is 7. The smallest absolute Gasteiger partial charge is 0.407 e. The third kappa shape index (κ3) is 5.12. The molecule has 0 radical (unpaired) electrons. The third-order valence-corrected chi connectivity index (χ3v) is 4.80. The molecule has 23 heavy (non-hydrogen) atoms. The zero-order valence-electron chi connectivity index (χ0n) is 14.8. The molecule has 2 unspecified atom stereocenters. The summed E-state index contributed by atoms with van der Waals surface area (Å²) in [6, 6.07) is 10.3. The fourth-order valence-electron chi connectivity index (χ4n) is 3.20. The summed E-state index contributed by atoms with van der Waals surface area (Å²) in [4.78, 5) is 11.8. The summed E-state index contributed by atoms with van der Waals surface area (Å²) in [6.45, 7) is 9.92. The fourth-order valence-corrected chi connectivity index (χ4v) is 3.20. The van der Waals surface area contributed by atoms with Gasteiger partial charge in [0.2, 0.25) is 0 Å². The highest BCUT2D eigenvalue weighted by Crippen LogP contribution is 2.58. The maximum atomic E-state index is 11.8. The number of allylic oxidation sites excluding steroid dienone is 2. The largest absolute Gasteiger partial charge is 0.450 e. The molecule has 3 nitrogen and oxygen atoms in total. The molecule has 1 saturated carbocycles. The molecule has 0 aromatic heterocycles. The number of aryl methyl sites for hydroxylation is 1. The number of hydrogen-bond donors (Lipinski definition) is 1. The first-order chi connectivity index (χ1) is 10.9. The lowest BCUT2D eigenvalue weighted by Gasteiger charge is -2.07. The van der Waals surface area contributed by atoms with Crippen LogP contribution in [-0.2, 0) is 11.2 Å². The number of carbonyl (C=O) groups excluding carboxylic acids is 1. The fraction of sp³-hybridized carbons (Fsp3) is 0.550. The van der Waals surface area contributed by atoms with Gasteiger partial charge in [-0.2, -0.15) is 0 Å². The Labute approximate surface area is 140 Å². The van der Waals surface area contributed by atoms with E-state index in [-0.39, 0.29) is 11.5 Å². The van der Waals surface area contributed by atoms with Crippen molar-refractivity contribution < 1.29 is 9.53 Å². The molecule has 2 rings (SSSR count). The van der Waals surface area contributed by atoms with Crippen LogP contribution in [0.15, 0.2) is 42.0 Å². The maximum Gasteiger partial charge on any atom is 0.407 e. The average Bonchev–Trinajstić information content (AvgIpc) is 3.01. The zero-order valence-corrected chi connectivity index (χ0v) is 14.8. The van der Waals surface area contributed by atoms with Crippen molar-refractivity contribution in [3.8, 4) is 0 Å².